The van der Waals surface area contributed by atoms with Gasteiger partial charge in [-0.25, -0.2) is 13.1 Å². The van der Waals surface area contributed by atoms with Gasteiger partial charge in [0.2, 0.25) is 10.0 Å². The molecule has 0 spiro atoms. The largest absolute Gasteiger partial charge is 0.350 e. The average molecular weight is 430 g/mol. The van der Waals surface area contributed by atoms with Gasteiger partial charge in [0.25, 0.3) is 5.91 Å². The van der Waals surface area contributed by atoms with Crippen molar-refractivity contribution < 1.29 is 13.2 Å². The van der Waals surface area contributed by atoms with Crippen LogP contribution in [0.15, 0.2) is 59.9 Å². The van der Waals surface area contributed by atoms with Gasteiger partial charge in [-0.05, 0) is 36.2 Å². The summed E-state index contributed by atoms with van der Waals surface area (Å²) in [7, 11) is -1.93. The normalized spacial score (nSPS) is 11.7. The van der Waals surface area contributed by atoms with Crippen LogP contribution >= 0.6 is 0 Å². The minimum absolute atomic E-state index is 0.132. The lowest BCUT2D eigenvalue weighted by atomic mass is 10.1. The first-order valence-corrected chi connectivity index (χ1v) is 11.3. The van der Waals surface area contributed by atoms with Crippen molar-refractivity contribution in [3.8, 4) is 5.69 Å². The molecule has 3 aromatic rings. The third kappa shape index (κ3) is 4.63. The monoisotopic (exact) mass is 429 g/mol. The Morgan fingerprint density at radius 3 is 2.47 bits per heavy atom. The van der Waals surface area contributed by atoms with E-state index in [9.17, 15) is 13.2 Å². The van der Waals surface area contributed by atoms with Crippen LogP contribution in [0.4, 0.5) is 0 Å². The van der Waals surface area contributed by atoms with Crippen LogP contribution in [0.1, 0.15) is 29.9 Å². The van der Waals surface area contributed by atoms with Crippen LogP contribution < -0.4 is 5.32 Å². The van der Waals surface area contributed by atoms with Gasteiger partial charge in [0.1, 0.15) is 10.6 Å². The Morgan fingerprint density at radius 2 is 1.87 bits per heavy atom. The molecular formula is C21H27N5O3S. The number of benzene rings is 1. The first kappa shape index (κ1) is 21.8. The fourth-order valence-electron chi connectivity index (χ4n) is 3.26. The van der Waals surface area contributed by atoms with Crippen molar-refractivity contribution in [2.75, 3.05) is 19.6 Å². The number of amides is 1. The van der Waals surface area contributed by atoms with E-state index < -0.39 is 10.0 Å². The minimum atomic E-state index is -3.60. The van der Waals surface area contributed by atoms with E-state index in [0.29, 0.717) is 31.7 Å². The van der Waals surface area contributed by atoms with Crippen molar-refractivity contribution >= 4 is 15.9 Å². The molecule has 1 N–H and O–H groups in total. The maximum absolute atomic E-state index is 12.7. The van der Waals surface area contributed by atoms with Crippen LogP contribution in [0, 0.1) is 0 Å². The molecule has 0 fully saturated rings. The fraction of sp³-hybridized carbons (Fsp3) is 0.333. The molecule has 0 saturated carbocycles. The highest BCUT2D eigenvalue weighted by Crippen LogP contribution is 2.18. The molecule has 30 heavy (non-hydrogen) atoms. The zero-order chi connectivity index (χ0) is 21.7. The Labute approximate surface area is 177 Å². The zero-order valence-electron chi connectivity index (χ0n) is 17.4. The zero-order valence-corrected chi connectivity index (χ0v) is 18.3. The first-order chi connectivity index (χ1) is 14.4. The number of carbonyl (C=O) groups excluding carboxylic acids is 1. The molecule has 1 amide bonds. The van der Waals surface area contributed by atoms with E-state index in [4.69, 9.17) is 0 Å². The van der Waals surface area contributed by atoms with Gasteiger partial charge in [0.15, 0.2) is 0 Å². The second-order valence-corrected chi connectivity index (χ2v) is 8.82. The van der Waals surface area contributed by atoms with Gasteiger partial charge in [-0.2, -0.15) is 9.40 Å². The Bertz CT molecular complexity index is 1080. The minimum Gasteiger partial charge on any atom is -0.350 e. The average Bonchev–Trinajstić information content (AvgIpc) is 3.39. The molecular weight excluding hydrogens is 402 g/mol. The van der Waals surface area contributed by atoms with Gasteiger partial charge in [0, 0.05) is 45.3 Å². The molecule has 9 heteroatoms. The van der Waals surface area contributed by atoms with Crippen LogP contribution in [0.2, 0.25) is 0 Å². The van der Waals surface area contributed by atoms with Crippen molar-refractivity contribution in [3.05, 3.63) is 66.2 Å². The molecule has 0 aliphatic rings. The summed E-state index contributed by atoms with van der Waals surface area (Å²) in [5, 5.41) is 7.06. The third-order valence-corrected chi connectivity index (χ3v) is 6.98. The predicted octanol–water partition coefficient (Wildman–Crippen LogP) is 2.21. The number of nitrogens with zero attached hydrogens (tertiary/aromatic N) is 4. The SMILES string of the molecule is CCN(CC)S(=O)(=O)c1cc(C(=O)NCCc2ccc(-n3cccn3)cc2)n(C)c1. The second-order valence-electron chi connectivity index (χ2n) is 6.88. The smallest absolute Gasteiger partial charge is 0.267 e. The van der Waals surface area contributed by atoms with Gasteiger partial charge < -0.3 is 9.88 Å². The first-order valence-electron chi connectivity index (χ1n) is 9.90. The third-order valence-electron chi connectivity index (χ3n) is 4.96. The van der Waals surface area contributed by atoms with E-state index in [0.717, 1.165) is 11.3 Å². The van der Waals surface area contributed by atoms with Crippen LogP contribution in [-0.4, -0.2) is 52.6 Å². The summed E-state index contributed by atoms with van der Waals surface area (Å²) >= 11 is 0. The van der Waals surface area contributed by atoms with Gasteiger partial charge in [-0.3, -0.25) is 4.79 Å². The highest BCUT2D eigenvalue weighted by Gasteiger charge is 2.25. The molecule has 0 aliphatic heterocycles. The topological polar surface area (TPSA) is 89.2 Å². The molecule has 2 aromatic heterocycles. The maximum Gasteiger partial charge on any atom is 0.267 e. The second kappa shape index (κ2) is 9.27. The predicted molar refractivity (Wildman–Crippen MR) is 115 cm³/mol. The molecule has 0 atom stereocenters. The van der Waals surface area contributed by atoms with Gasteiger partial charge in [0.05, 0.1) is 5.69 Å². The summed E-state index contributed by atoms with van der Waals surface area (Å²) < 4.78 is 30.0. The lowest BCUT2D eigenvalue weighted by Gasteiger charge is -2.17. The number of hydrogen-bond donors (Lipinski definition) is 1. The van der Waals surface area contributed by atoms with E-state index >= 15 is 0 Å². The molecule has 0 saturated heterocycles. The van der Waals surface area contributed by atoms with Crippen LogP contribution in [0.3, 0.4) is 0 Å². The highest BCUT2D eigenvalue weighted by molar-refractivity contribution is 7.89. The van der Waals surface area contributed by atoms with Gasteiger partial charge in [-0.15, -0.1) is 0 Å². The van der Waals surface area contributed by atoms with Crippen molar-refractivity contribution in [2.45, 2.75) is 25.2 Å². The summed E-state index contributed by atoms with van der Waals surface area (Å²) in [5.41, 5.74) is 2.37. The van der Waals surface area contributed by atoms with E-state index in [1.165, 1.54) is 16.6 Å². The van der Waals surface area contributed by atoms with E-state index in [-0.39, 0.29) is 10.8 Å². The fourth-order valence-corrected chi connectivity index (χ4v) is 4.79. The Kier molecular flexibility index (Phi) is 6.73. The lowest BCUT2D eigenvalue weighted by Crippen LogP contribution is -2.30. The van der Waals surface area contributed by atoms with Crippen LogP contribution in [0.5, 0.6) is 0 Å². The summed E-state index contributed by atoms with van der Waals surface area (Å²) in [6.45, 7) is 4.80. The molecule has 0 unspecified atom stereocenters. The Hall–Kier alpha value is -2.91. The summed E-state index contributed by atoms with van der Waals surface area (Å²) in [6, 6.07) is 11.3. The Balaban J connectivity index is 1.61. The van der Waals surface area contributed by atoms with Crippen molar-refractivity contribution in [2.24, 2.45) is 7.05 Å². The number of aryl methyl sites for hydroxylation is 1. The number of carbonyl (C=O) groups is 1. The molecule has 160 valence electrons. The van der Waals surface area contributed by atoms with Crippen LogP contribution in [-0.2, 0) is 23.5 Å². The molecule has 2 heterocycles. The number of aromatic nitrogens is 3. The quantitative estimate of drug-likeness (QED) is 0.565. The summed E-state index contributed by atoms with van der Waals surface area (Å²) in [5.74, 6) is -0.299. The van der Waals surface area contributed by atoms with Gasteiger partial charge in [-0.1, -0.05) is 26.0 Å². The van der Waals surface area contributed by atoms with Crippen molar-refractivity contribution in [1.29, 1.82) is 0 Å². The van der Waals surface area contributed by atoms with E-state index in [1.807, 2.05) is 36.5 Å². The van der Waals surface area contributed by atoms with Gasteiger partial charge >= 0.3 is 0 Å². The Morgan fingerprint density at radius 1 is 1.17 bits per heavy atom. The number of sulfonamides is 1. The van der Waals surface area contributed by atoms with Crippen molar-refractivity contribution in [3.63, 3.8) is 0 Å². The highest BCUT2D eigenvalue weighted by atomic mass is 32.2. The molecule has 3 rings (SSSR count). The van der Waals surface area contributed by atoms with Crippen LogP contribution in [0.25, 0.3) is 5.69 Å². The summed E-state index contributed by atoms with van der Waals surface area (Å²) in [4.78, 5) is 12.7. The molecule has 8 nitrogen and oxygen atoms in total. The molecule has 0 radical (unpaired) electrons. The number of rotatable bonds is 9. The number of hydrogen-bond acceptors (Lipinski definition) is 4. The molecule has 0 aliphatic carbocycles. The number of nitrogens with one attached hydrogen (secondary N) is 1. The molecule has 1 aromatic carbocycles. The van der Waals surface area contributed by atoms with E-state index in [1.54, 1.807) is 36.3 Å². The van der Waals surface area contributed by atoms with Crippen molar-refractivity contribution in [1.82, 2.24) is 24.0 Å². The maximum atomic E-state index is 12.7. The summed E-state index contributed by atoms with van der Waals surface area (Å²) in [6.07, 6.45) is 5.76. The molecule has 0 bridgehead atoms. The lowest BCUT2D eigenvalue weighted by molar-refractivity contribution is 0.0946. The van der Waals surface area contributed by atoms with E-state index in [2.05, 4.69) is 10.4 Å². The standard InChI is InChI=1S/C21H27N5O3S/c1-4-25(5-2)30(28,29)19-15-20(24(3)16-19)21(27)22-13-11-17-7-9-18(10-8-17)26-14-6-12-23-26/h6-10,12,14-16H,4-5,11,13H2,1-3H3,(H,22,27).